The number of rotatable bonds is 2. The average molecular weight is 166 g/mol. The summed E-state index contributed by atoms with van der Waals surface area (Å²) in [4.78, 5) is 0. The number of hydrogen-bond acceptors (Lipinski definition) is 1. The first-order valence-electron chi connectivity index (χ1n) is 4.99. The van der Waals surface area contributed by atoms with Gasteiger partial charge in [-0.1, -0.05) is 19.3 Å². The van der Waals surface area contributed by atoms with Crippen molar-refractivity contribution in [2.24, 2.45) is 0 Å². The molecule has 0 aromatic rings. The van der Waals surface area contributed by atoms with Crippen molar-refractivity contribution >= 4 is 0 Å². The average Bonchev–Trinajstić information content (AvgIpc) is 2.47. The zero-order valence-electron chi connectivity index (χ0n) is 7.90. The van der Waals surface area contributed by atoms with E-state index in [1.165, 1.54) is 6.42 Å². The highest BCUT2D eigenvalue weighted by molar-refractivity contribution is 5.15. The van der Waals surface area contributed by atoms with Gasteiger partial charge in [-0.2, -0.15) is 0 Å². The monoisotopic (exact) mass is 166 g/mol. The van der Waals surface area contributed by atoms with Gasteiger partial charge in [0, 0.05) is 6.42 Å². The Labute approximate surface area is 75.2 Å². The molecule has 0 radical (unpaired) electrons. The first-order valence-corrected chi connectivity index (χ1v) is 4.99. The molecule has 0 bridgehead atoms. The van der Waals surface area contributed by atoms with Crippen molar-refractivity contribution in [1.29, 1.82) is 0 Å². The summed E-state index contributed by atoms with van der Waals surface area (Å²) in [5, 5.41) is 9.82. The van der Waals surface area contributed by atoms with E-state index in [1.807, 2.05) is 0 Å². The fourth-order valence-corrected chi connectivity index (χ4v) is 1.58. The van der Waals surface area contributed by atoms with Crippen LogP contribution in [0, 0.1) is 11.8 Å². The molecule has 0 unspecified atom stereocenters. The summed E-state index contributed by atoms with van der Waals surface area (Å²) in [5.74, 6) is 6.07. The molecule has 0 spiro atoms. The van der Waals surface area contributed by atoms with Crippen molar-refractivity contribution in [1.82, 2.24) is 0 Å². The minimum Gasteiger partial charge on any atom is -0.378 e. The summed E-state index contributed by atoms with van der Waals surface area (Å²) in [6.07, 6.45) is 7.32. The topological polar surface area (TPSA) is 20.2 Å². The second-order valence-corrected chi connectivity index (χ2v) is 3.64. The molecule has 0 amide bonds. The van der Waals surface area contributed by atoms with Crippen LogP contribution in [0.2, 0.25) is 0 Å². The normalized spacial score (nSPS) is 20.2. The Kier molecular flexibility index (Phi) is 3.62. The highest BCUT2D eigenvalue weighted by atomic mass is 16.3. The lowest BCUT2D eigenvalue weighted by Gasteiger charge is -2.12. The molecule has 1 aliphatic carbocycles. The van der Waals surface area contributed by atoms with Crippen molar-refractivity contribution in [3.05, 3.63) is 0 Å². The largest absolute Gasteiger partial charge is 0.378 e. The lowest BCUT2D eigenvalue weighted by molar-refractivity contribution is 0.110. The molecule has 12 heavy (non-hydrogen) atoms. The molecule has 0 aromatic carbocycles. The SMILES string of the molecule is CCCCC#CC1(O)CCCC1. The Morgan fingerprint density at radius 3 is 2.58 bits per heavy atom. The Morgan fingerprint density at radius 1 is 1.33 bits per heavy atom. The van der Waals surface area contributed by atoms with E-state index in [0.717, 1.165) is 38.5 Å². The van der Waals surface area contributed by atoms with Gasteiger partial charge in [-0.3, -0.25) is 0 Å². The first-order chi connectivity index (χ1) is 5.77. The third-order valence-electron chi connectivity index (χ3n) is 2.41. The maximum absolute atomic E-state index is 9.82. The summed E-state index contributed by atoms with van der Waals surface area (Å²) >= 11 is 0. The van der Waals surface area contributed by atoms with Gasteiger partial charge in [0.2, 0.25) is 0 Å². The van der Waals surface area contributed by atoms with E-state index in [4.69, 9.17) is 0 Å². The fraction of sp³-hybridized carbons (Fsp3) is 0.818. The molecule has 1 heteroatoms. The zero-order chi connectivity index (χ0) is 8.86. The molecule has 1 nitrogen and oxygen atoms in total. The van der Waals surface area contributed by atoms with E-state index < -0.39 is 5.60 Å². The van der Waals surface area contributed by atoms with E-state index in [0.29, 0.717) is 0 Å². The van der Waals surface area contributed by atoms with E-state index in [9.17, 15) is 5.11 Å². The highest BCUT2D eigenvalue weighted by Gasteiger charge is 2.28. The van der Waals surface area contributed by atoms with Gasteiger partial charge in [0.05, 0.1) is 0 Å². The van der Waals surface area contributed by atoms with Crippen molar-refractivity contribution in [2.75, 3.05) is 0 Å². The molecule has 1 aliphatic rings. The summed E-state index contributed by atoms with van der Waals surface area (Å²) in [5.41, 5.74) is -0.617. The van der Waals surface area contributed by atoms with E-state index in [1.54, 1.807) is 0 Å². The Hall–Kier alpha value is -0.480. The summed E-state index contributed by atoms with van der Waals surface area (Å²) in [7, 11) is 0. The fourth-order valence-electron chi connectivity index (χ4n) is 1.58. The first kappa shape index (κ1) is 9.61. The molecule has 68 valence electrons. The second kappa shape index (κ2) is 4.52. The number of unbranched alkanes of at least 4 members (excludes halogenated alkanes) is 2. The van der Waals surface area contributed by atoms with Crippen LogP contribution in [0.1, 0.15) is 51.9 Å². The van der Waals surface area contributed by atoms with Crippen LogP contribution >= 0.6 is 0 Å². The van der Waals surface area contributed by atoms with Gasteiger partial charge in [-0.15, -0.1) is 5.92 Å². The predicted molar refractivity (Wildman–Crippen MR) is 50.7 cm³/mol. The van der Waals surface area contributed by atoms with Crippen LogP contribution in [0.15, 0.2) is 0 Å². The van der Waals surface area contributed by atoms with Crippen molar-refractivity contribution in [3.8, 4) is 11.8 Å². The molecular weight excluding hydrogens is 148 g/mol. The zero-order valence-corrected chi connectivity index (χ0v) is 7.90. The van der Waals surface area contributed by atoms with Gasteiger partial charge in [-0.25, -0.2) is 0 Å². The highest BCUT2D eigenvalue weighted by Crippen LogP contribution is 2.28. The molecule has 0 atom stereocenters. The van der Waals surface area contributed by atoms with Gasteiger partial charge in [0.25, 0.3) is 0 Å². The third kappa shape index (κ3) is 2.87. The van der Waals surface area contributed by atoms with Crippen molar-refractivity contribution in [2.45, 2.75) is 57.5 Å². The van der Waals surface area contributed by atoms with Crippen molar-refractivity contribution < 1.29 is 5.11 Å². The van der Waals surface area contributed by atoms with E-state index >= 15 is 0 Å². The molecule has 0 aliphatic heterocycles. The number of aliphatic hydroxyl groups is 1. The van der Waals surface area contributed by atoms with Crippen LogP contribution < -0.4 is 0 Å². The van der Waals surface area contributed by atoms with Crippen LogP contribution in [0.4, 0.5) is 0 Å². The smallest absolute Gasteiger partial charge is 0.125 e. The minimum atomic E-state index is -0.617. The summed E-state index contributed by atoms with van der Waals surface area (Å²) < 4.78 is 0. The summed E-state index contributed by atoms with van der Waals surface area (Å²) in [6, 6.07) is 0. The minimum absolute atomic E-state index is 0.617. The molecule has 0 aromatic heterocycles. The van der Waals surface area contributed by atoms with E-state index in [2.05, 4.69) is 18.8 Å². The van der Waals surface area contributed by atoms with Crippen LogP contribution in [-0.4, -0.2) is 10.7 Å². The molecule has 1 fully saturated rings. The second-order valence-electron chi connectivity index (χ2n) is 3.64. The lowest BCUT2D eigenvalue weighted by Crippen LogP contribution is -2.20. The Bertz CT molecular complexity index is 179. The van der Waals surface area contributed by atoms with Crippen LogP contribution in [-0.2, 0) is 0 Å². The maximum atomic E-state index is 9.82. The molecule has 0 saturated heterocycles. The van der Waals surface area contributed by atoms with Gasteiger partial charge < -0.3 is 5.11 Å². The Balaban J connectivity index is 2.30. The van der Waals surface area contributed by atoms with Gasteiger partial charge in [-0.05, 0) is 32.1 Å². The number of hydrogen-bond donors (Lipinski definition) is 1. The molecular formula is C11H18O. The Morgan fingerprint density at radius 2 is 2.00 bits per heavy atom. The molecule has 0 heterocycles. The molecule has 1 saturated carbocycles. The van der Waals surface area contributed by atoms with Crippen LogP contribution in [0.3, 0.4) is 0 Å². The standard InChI is InChI=1S/C11H18O/c1-2-3-4-5-8-11(12)9-6-7-10-11/h12H,2-4,6-7,9-10H2,1H3. The van der Waals surface area contributed by atoms with E-state index in [-0.39, 0.29) is 0 Å². The molecule has 1 N–H and O–H groups in total. The predicted octanol–water partition coefficient (Wildman–Crippen LogP) is 2.49. The maximum Gasteiger partial charge on any atom is 0.125 e. The quantitative estimate of drug-likeness (QED) is 0.493. The van der Waals surface area contributed by atoms with Gasteiger partial charge >= 0.3 is 0 Å². The lowest BCUT2D eigenvalue weighted by atomic mass is 10.0. The van der Waals surface area contributed by atoms with Crippen molar-refractivity contribution in [3.63, 3.8) is 0 Å². The van der Waals surface area contributed by atoms with Crippen LogP contribution in [0.25, 0.3) is 0 Å². The third-order valence-corrected chi connectivity index (χ3v) is 2.41. The van der Waals surface area contributed by atoms with Crippen LogP contribution in [0.5, 0.6) is 0 Å². The molecule has 1 rings (SSSR count). The van der Waals surface area contributed by atoms with Gasteiger partial charge in [0.15, 0.2) is 0 Å². The summed E-state index contributed by atoms with van der Waals surface area (Å²) in [6.45, 7) is 2.16. The van der Waals surface area contributed by atoms with Gasteiger partial charge in [0.1, 0.15) is 5.60 Å².